The molecule has 1 aromatic rings. The van der Waals surface area contributed by atoms with Gasteiger partial charge in [-0.15, -0.1) is 11.8 Å². The number of halogens is 1. The maximum atomic E-state index is 11.8. The van der Waals surface area contributed by atoms with Gasteiger partial charge in [0.2, 0.25) is 5.91 Å². The number of imide groups is 1. The molecule has 5 heteroatoms. The summed E-state index contributed by atoms with van der Waals surface area (Å²) in [5.41, 5.74) is 0.496. The summed E-state index contributed by atoms with van der Waals surface area (Å²) < 4.78 is 0. The zero-order valence-corrected chi connectivity index (χ0v) is 9.35. The van der Waals surface area contributed by atoms with Crippen molar-refractivity contribution in [2.24, 2.45) is 0 Å². The number of thioether (sulfide) groups is 1. The fourth-order valence-electron chi connectivity index (χ4n) is 1.29. The van der Waals surface area contributed by atoms with Gasteiger partial charge in [0.15, 0.2) is 0 Å². The number of hydrogen-bond donors (Lipinski definition) is 0. The summed E-state index contributed by atoms with van der Waals surface area (Å²) in [6.07, 6.45) is 0. The lowest BCUT2D eigenvalue weighted by Gasteiger charge is -2.12. The highest BCUT2D eigenvalue weighted by Crippen LogP contribution is 2.19. The predicted molar refractivity (Wildman–Crippen MR) is 60.0 cm³/mol. The summed E-state index contributed by atoms with van der Waals surface area (Å²) in [6.45, 7) is 0. The van der Waals surface area contributed by atoms with Crippen molar-refractivity contribution in [3.05, 3.63) is 34.9 Å². The van der Waals surface area contributed by atoms with Crippen molar-refractivity contribution in [1.82, 2.24) is 4.90 Å². The second-order valence-electron chi connectivity index (χ2n) is 3.11. The van der Waals surface area contributed by atoms with Crippen LogP contribution in [0.25, 0.3) is 0 Å². The van der Waals surface area contributed by atoms with E-state index in [1.807, 2.05) is 0 Å². The normalized spacial score (nSPS) is 15.8. The molecule has 1 aliphatic rings. The van der Waals surface area contributed by atoms with E-state index in [-0.39, 0.29) is 11.8 Å². The van der Waals surface area contributed by atoms with Gasteiger partial charge in [0.1, 0.15) is 0 Å². The van der Waals surface area contributed by atoms with Crippen molar-refractivity contribution in [2.45, 2.75) is 0 Å². The third kappa shape index (κ3) is 2.16. The molecule has 1 aliphatic heterocycles. The van der Waals surface area contributed by atoms with E-state index in [4.69, 9.17) is 11.6 Å². The molecule has 1 saturated heterocycles. The van der Waals surface area contributed by atoms with Crippen molar-refractivity contribution < 1.29 is 9.59 Å². The van der Waals surface area contributed by atoms with Crippen LogP contribution in [-0.2, 0) is 4.79 Å². The molecule has 0 spiro atoms. The van der Waals surface area contributed by atoms with Crippen LogP contribution in [0.5, 0.6) is 0 Å². The molecule has 0 bridgehead atoms. The summed E-state index contributed by atoms with van der Waals surface area (Å²) in [4.78, 5) is 24.4. The third-order valence-corrected chi connectivity index (χ3v) is 3.23. The Morgan fingerprint density at radius 2 is 2.00 bits per heavy atom. The lowest BCUT2D eigenvalue weighted by atomic mass is 10.2. The second-order valence-corrected chi connectivity index (χ2v) is 4.50. The van der Waals surface area contributed by atoms with Crippen molar-refractivity contribution >= 4 is 35.2 Å². The first-order valence-corrected chi connectivity index (χ1v) is 5.90. The third-order valence-electron chi connectivity index (χ3n) is 2.08. The maximum Gasteiger partial charge on any atom is 0.261 e. The van der Waals surface area contributed by atoms with E-state index in [1.165, 1.54) is 16.7 Å². The van der Waals surface area contributed by atoms with Crippen LogP contribution >= 0.6 is 23.4 Å². The van der Waals surface area contributed by atoms with E-state index < -0.39 is 0 Å². The molecule has 2 rings (SSSR count). The number of rotatable bonds is 1. The summed E-state index contributed by atoms with van der Waals surface area (Å²) in [5.74, 6) is 0.459. The Labute approximate surface area is 96.4 Å². The Hall–Kier alpha value is -1.00. The first-order chi connectivity index (χ1) is 7.18. The van der Waals surface area contributed by atoms with Gasteiger partial charge in [0.05, 0.1) is 11.6 Å². The number of carbonyl (C=O) groups excluding carboxylic acids is 2. The Bertz CT molecular complexity index is 404. The van der Waals surface area contributed by atoms with Gasteiger partial charge in [-0.25, -0.2) is 0 Å². The molecule has 0 radical (unpaired) electrons. The van der Waals surface area contributed by atoms with Crippen LogP contribution in [0.1, 0.15) is 10.4 Å². The highest BCUT2D eigenvalue weighted by molar-refractivity contribution is 8.00. The average molecular weight is 242 g/mol. The molecule has 0 N–H and O–H groups in total. The van der Waals surface area contributed by atoms with Gasteiger partial charge in [-0.3, -0.25) is 14.5 Å². The number of hydrogen-bond acceptors (Lipinski definition) is 3. The standard InChI is InChI=1S/C10H8ClNO2S/c11-8-3-1-7(2-4-8)10(14)12-6-15-5-9(12)13/h1-4H,5-6H2. The van der Waals surface area contributed by atoms with Crippen molar-refractivity contribution in [1.29, 1.82) is 0 Å². The SMILES string of the molecule is O=C1CSCN1C(=O)c1ccc(Cl)cc1. The van der Waals surface area contributed by atoms with Crippen LogP contribution in [0.4, 0.5) is 0 Å². The van der Waals surface area contributed by atoms with E-state index in [0.717, 1.165) is 0 Å². The zero-order chi connectivity index (χ0) is 10.8. The summed E-state index contributed by atoms with van der Waals surface area (Å²) in [5, 5.41) is 0.577. The van der Waals surface area contributed by atoms with Gasteiger partial charge >= 0.3 is 0 Å². The summed E-state index contributed by atoms with van der Waals surface area (Å²) in [6, 6.07) is 6.53. The summed E-state index contributed by atoms with van der Waals surface area (Å²) in [7, 11) is 0. The van der Waals surface area contributed by atoms with Crippen LogP contribution in [0.2, 0.25) is 5.02 Å². The first kappa shape index (κ1) is 10.5. The predicted octanol–water partition coefficient (Wildman–Crippen LogP) is 2.01. The second kappa shape index (κ2) is 4.24. The van der Waals surface area contributed by atoms with Crippen molar-refractivity contribution in [3.8, 4) is 0 Å². The molecule has 0 aromatic heterocycles. The largest absolute Gasteiger partial charge is 0.273 e. The van der Waals surface area contributed by atoms with Crippen molar-refractivity contribution in [2.75, 3.05) is 11.6 Å². The maximum absolute atomic E-state index is 11.8. The Kier molecular flexibility index (Phi) is 2.98. The quantitative estimate of drug-likeness (QED) is 0.706. The van der Waals surface area contributed by atoms with Gasteiger partial charge in [-0.2, -0.15) is 0 Å². The van der Waals surface area contributed by atoms with E-state index in [2.05, 4.69) is 0 Å². The number of benzene rings is 1. The highest BCUT2D eigenvalue weighted by atomic mass is 35.5. The van der Waals surface area contributed by atoms with Gasteiger partial charge in [0.25, 0.3) is 5.91 Å². The van der Waals surface area contributed by atoms with E-state index in [9.17, 15) is 9.59 Å². The molecule has 2 amide bonds. The molecule has 3 nitrogen and oxygen atoms in total. The fraction of sp³-hybridized carbons (Fsp3) is 0.200. The minimum atomic E-state index is -0.248. The lowest BCUT2D eigenvalue weighted by molar-refractivity contribution is -0.124. The minimum Gasteiger partial charge on any atom is -0.273 e. The van der Waals surface area contributed by atoms with Crippen molar-refractivity contribution in [3.63, 3.8) is 0 Å². The van der Waals surface area contributed by atoms with Gasteiger partial charge in [-0.1, -0.05) is 11.6 Å². The molecule has 78 valence electrons. The Morgan fingerprint density at radius 1 is 1.33 bits per heavy atom. The van der Waals surface area contributed by atoms with E-state index in [0.29, 0.717) is 22.2 Å². The summed E-state index contributed by atoms with van der Waals surface area (Å²) >= 11 is 7.15. The number of nitrogens with zero attached hydrogens (tertiary/aromatic N) is 1. The Morgan fingerprint density at radius 3 is 2.53 bits per heavy atom. The van der Waals surface area contributed by atoms with Gasteiger partial charge in [0, 0.05) is 10.6 Å². The molecule has 1 heterocycles. The fourth-order valence-corrected chi connectivity index (χ4v) is 2.29. The van der Waals surface area contributed by atoms with E-state index >= 15 is 0 Å². The topological polar surface area (TPSA) is 37.4 Å². The smallest absolute Gasteiger partial charge is 0.261 e. The average Bonchev–Trinajstić information content (AvgIpc) is 2.65. The van der Waals surface area contributed by atoms with Crippen LogP contribution in [0.15, 0.2) is 24.3 Å². The molecular weight excluding hydrogens is 234 g/mol. The minimum absolute atomic E-state index is 0.125. The number of carbonyl (C=O) groups is 2. The van der Waals surface area contributed by atoms with Gasteiger partial charge < -0.3 is 0 Å². The molecule has 1 aromatic carbocycles. The molecule has 0 unspecified atom stereocenters. The van der Waals surface area contributed by atoms with Crippen LogP contribution in [-0.4, -0.2) is 28.3 Å². The van der Waals surface area contributed by atoms with Crippen LogP contribution in [0, 0.1) is 0 Å². The van der Waals surface area contributed by atoms with Gasteiger partial charge in [-0.05, 0) is 24.3 Å². The zero-order valence-electron chi connectivity index (χ0n) is 7.77. The highest BCUT2D eigenvalue weighted by Gasteiger charge is 2.27. The molecular formula is C10H8ClNO2S. The number of amides is 2. The molecule has 1 fully saturated rings. The molecule has 0 aliphatic carbocycles. The molecule has 0 saturated carbocycles. The monoisotopic (exact) mass is 241 g/mol. The Balaban J connectivity index is 2.20. The van der Waals surface area contributed by atoms with Crippen LogP contribution < -0.4 is 0 Å². The lowest BCUT2D eigenvalue weighted by Crippen LogP contribution is -2.32. The molecule has 15 heavy (non-hydrogen) atoms. The first-order valence-electron chi connectivity index (χ1n) is 4.36. The van der Waals surface area contributed by atoms with Crippen LogP contribution in [0.3, 0.4) is 0 Å². The van der Waals surface area contributed by atoms with E-state index in [1.54, 1.807) is 24.3 Å². The molecule has 0 atom stereocenters.